The van der Waals surface area contributed by atoms with Gasteiger partial charge in [-0.2, -0.15) is 0 Å². The number of benzene rings is 1. The third kappa shape index (κ3) is 3.54. The highest BCUT2D eigenvalue weighted by atomic mass is 16.5. The summed E-state index contributed by atoms with van der Waals surface area (Å²) in [5, 5.41) is 21.7. The number of aliphatic hydroxyl groups excluding tert-OH is 1. The minimum atomic E-state index is -1.29. The van der Waals surface area contributed by atoms with Crippen LogP contribution in [0.15, 0.2) is 42.7 Å². The molecule has 29 heavy (non-hydrogen) atoms. The standard InChI is InChI=1S/C25H29NO3/c1-3-11-25(28)14-20-8-7-19-13-21(29-17-18-6-5-12-26-16-18)9-10-22(19)24(20,4-2)15-23(25)27/h5-6,9-10,12-13,16,20,23,27-28H,4,7-8,14-15,17H2,1-2H3. The van der Waals surface area contributed by atoms with E-state index in [9.17, 15) is 10.2 Å². The number of nitrogens with zero attached hydrogens (tertiary/aromatic N) is 1. The molecule has 1 fully saturated rings. The molecular formula is C25H29NO3. The molecular weight excluding hydrogens is 362 g/mol. The maximum absolute atomic E-state index is 10.9. The fourth-order valence-corrected chi connectivity index (χ4v) is 5.40. The number of hydrogen-bond donors (Lipinski definition) is 2. The fraction of sp³-hybridized carbons (Fsp3) is 0.480. The van der Waals surface area contributed by atoms with Crippen molar-refractivity contribution in [3.05, 3.63) is 59.4 Å². The van der Waals surface area contributed by atoms with Crippen molar-refractivity contribution in [2.24, 2.45) is 5.92 Å². The molecule has 0 saturated heterocycles. The lowest BCUT2D eigenvalue weighted by Gasteiger charge is -2.53. The van der Waals surface area contributed by atoms with Crippen molar-refractivity contribution in [3.8, 4) is 17.6 Å². The molecule has 1 aromatic carbocycles. The molecule has 2 aliphatic rings. The van der Waals surface area contributed by atoms with Crippen LogP contribution in [0.3, 0.4) is 0 Å². The number of hydrogen-bond acceptors (Lipinski definition) is 4. The Morgan fingerprint density at radius 3 is 2.86 bits per heavy atom. The summed E-state index contributed by atoms with van der Waals surface area (Å²) in [5.74, 6) is 6.87. The van der Waals surface area contributed by atoms with Gasteiger partial charge in [-0.3, -0.25) is 4.98 Å². The summed E-state index contributed by atoms with van der Waals surface area (Å²) in [6.45, 7) is 4.41. The molecule has 4 atom stereocenters. The summed E-state index contributed by atoms with van der Waals surface area (Å²) in [6.07, 6.45) is 6.70. The van der Waals surface area contributed by atoms with Crippen molar-refractivity contribution in [1.82, 2.24) is 4.98 Å². The van der Waals surface area contributed by atoms with Gasteiger partial charge in [0.1, 0.15) is 12.4 Å². The fourth-order valence-electron chi connectivity index (χ4n) is 5.40. The first-order valence-corrected chi connectivity index (χ1v) is 10.5. The largest absolute Gasteiger partial charge is 0.489 e. The maximum atomic E-state index is 10.9. The molecule has 2 N–H and O–H groups in total. The summed E-state index contributed by atoms with van der Waals surface area (Å²) in [6, 6.07) is 10.3. The minimum Gasteiger partial charge on any atom is -0.489 e. The highest BCUT2D eigenvalue weighted by molar-refractivity contribution is 5.44. The van der Waals surface area contributed by atoms with E-state index in [1.807, 2.05) is 24.4 Å². The van der Waals surface area contributed by atoms with Gasteiger partial charge in [-0.25, -0.2) is 0 Å². The molecule has 1 aromatic heterocycles. The number of aryl methyl sites for hydroxylation is 1. The zero-order valence-corrected chi connectivity index (χ0v) is 17.2. The molecule has 2 aliphatic carbocycles. The molecule has 0 amide bonds. The highest BCUT2D eigenvalue weighted by Crippen LogP contribution is 2.54. The van der Waals surface area contributed by atoms with Gasteiger partial charge >= 0.3 is 0 Å². The van der Waals surface area contributed by atoms with Crippen LogP contribution in [0.25, 0.3) is 0 Å². The monoisotopic (exact) mass is 391 g/mol. The first-order valence-electron chi connectivity index (χ1n) is 10.5. The highest BCUT2D eigenvalue weighted by Gasteiger charge is 2.54. The topological polar surface area (TPSA) is 62.6 Å². The van der Waals surface area contributed by atoms with Crippen molar-refractivity contribution < 1.29 is 14.9 Å². The Bertz CT molecular complexity index is 932. The molecule has 0 aliphatic heterocycles. The number of fused-ring (bicyclic) bond motifs is 3. The Kier molecular flexibility index (Phi) is 5.38. The zero-order valence-electron chi connectivity index (χ0n) is 17.2. The van der Waals surface area contributed by atoms with E-state index >= 15 is 0 Å². The van der Waals surface area contributed by atoms with Crippen molar-refractivity contribution in [1.29, 1.82) is 0 Å². The first-order chi connectivity index (χ1) is 14.0. The van der Waals surface area contributed by atoms with Gasteiger partial charge in [-0.1, -0.05) is 25.0 Å². The summed E-state index contributed by atoms with van der Waals surface area (Å²) in [5.41, 5.74) is 2.24. The first kappa shape index (κ1) is 19.9. The predicted molar refractivity (Wildman–Crippen MR) is 112 cm³/mol. The molecule has 4 unspecified atom stereocenters. The average Bonchev–Trinajstić information content (AvgIpc) is 2.74. The van der Waals surface area contributed by atoms with Crippen molar-refractivity contribution >= 4 is 0 Å². The van der Waals surface area contributed by atoms with Crippen LogP contribution in [0.2, 0.25) is 0 Å². The van der Waals surface area contributed by atoms with Gasteiger partial charge in [0, 0.05) is 23.4 Å². The van der Waals surface area contributed by atoms with E-state index in [1.54, 1.807) is 13.1 Å². The zero-order chi connectivity index (χ0) is 20.5. The van der Waals surface area contributed by atoms with Crippen LogP contribution in [0.1, 0.15) is 56.2 Å². The maximum Gasteiger partial charge on any atom is 0.151 e. The third-order valence-corrected chi connectivity index (χ3v) is 6.92. The van der Waals surface area contributed by atoms with Crippen LogP contribution in [0.4, 0.5) is 0 Å². The number of pyridine rings is 1. The van der Waals surface area contributed by atoms with E-state index in [0.29, 0.717) is 25.4 Å². The van der Waals surface area contributed by atoms with Gasteiger partial charge in [-0.15, -0.1) is 5.92 Å². The second-order valence-corrected chi connectivity index (χ2v) is 8.44. The van der Waals surface area contributed by atoms with Gasteiger partial charge in [-0.05, 0) is 74.3 Å². The third-order valence-electron chi connectivity index (χ3n) is 6.92. The molecule has 1 heterocycles. The minimum absolute atomic E-state index is 0.115. The van der Waals surface area contributed by atoms with Crippen LogP contribution < -0.4 is 4.74 Å². The number of rotatable bonds is 4. The lowest BCUT2D eigenvalue weighted by atomic mass is 9.52. The molecule has 4 nitrogen and oxygen atoms in total. The SMILES string of the molecule is CC#CC1(O)CC2CCc3cc(OCc4cccnc4)ccc3C2(CC)CC1O. The summed E-state index contributed by atoms with van der Waals surface area (Å²) < 4.78 is 6.00. The molecule has 0 spiro atoms. The van der Waals surface area contributed by atoms with Crippen LogP contribution in [0.5, 0.6) is 5.75 Å². The van der Waals surface area contributed by atoms with E-state index < -0.39 is 11.7 Å². The number of ether oxygens (including phenoxy) is 1. The van der Waals surface area contributed by atoms with E-state index in [1.165, 1.54) is 11.1 Å². The van der Waals surface area contributed by atoms with E-state index in [2.05, 4.69) is 35.9 Å². The molecule has 0 radical (unpaired) electrons. The quantitative estimate of drug-likeness (QED) is 0.779. The van der Waals surface area contributed by atoms with Gasteiger partial charge in [0.2, 0.25) is 0 Å². The molecule has 0 bridgehead atoms. The molecule has 4 heteroatoms. The van der Waals surface area contributed by atoms with E-state index in [-0.39, 0.29) is 5.41 Å². The molecule has 152 valence electrons. The smallest absolute Gasteiger partial charge is 0.151 e. The van der Waals surface area contributed by atoms with Crippen molar-refractivity contribution in [2.75, 3.05) is 0 Å². The Morgan fingerprint density at radius 1 is 1.28 bits per heavy atom. The lowest BCUT2D eigenvalue weighted by molar-refractivity contribution is -0.106. The number of aliphatic hydroxyl groups is 2. The van der Waals surface area contributed by atoms with E-state index in [4.69, 9.17) is 4.74 Å². The summed E-state index contributed by atoms with van der Waals surface area (Å²) in [4.78, 5) is 4.13. The van der Waals surface area contributed by atoms with Crippen LogP contribution in [0, 0.1) is 17.8 Å². The van der Waals surface area contributed by atoms with Gasteiger partial charge in [0.25, 0.3) is 0 Å². The normalized spacial score (nSPS) is 30.5. The van der Waals surface area contributed by atoms with Crippen LogP contribution >= 0.6 is 0 Å². The summed E-state index contributed by atoms with van der Waals surface area (Å²) >= 11 is 0. The lowest BCUT2D eigenvalue weighted by Crippen LogP contribution is -2.57. The Hall–Kier alpha value is -2.35. The summed E-state index contributed by atoms with van der Waals surface area (Å²) in [7, 11) is 0. The van der Waals surface area contributed by atoms with Crippen molar-refractivity contribution in [2.45, 2.75) is 69.7 Å². The van der Waals surface area contributed by atoms with Gasteiger partial charge in [0.05, 0.1) is 6.10 Å². The van der Waals surface area contributed by atoms with Crippen LogP contribution in [-0.4, -0.2) is 26.9 Å². The second-order valence-electron chi connectivity index (χ2n) is 8.44. The van der Waals surface area contributed by atoms with Gasteiger partial charge in [0.15, 0.2) is 5.60 Å². The molecule has 2 aromatic rings. The Morgan fingerprint density at radius 2 is 2.14 bits per heavy atom. The van der Waals surface area contributed by atoms with Crippen molar-refractivity contribution in [3.63, 3.8) is 0 Å². The van der Waals surface area contributed by atoms with Gasteiger partial charge < -0.3 is 14.9 Å². The number of aromatic nitrogens is 1. The Labute approximate surface area is 173 Å². The molecule has 1 saturated carbocycles. The Balaban J connectivity index is 1.60. The van der Waals surface area contributed by atoms with E-state index in [0.717, 1.165) is 30.6 Å². The van der Waals surface area contributed by atoms with Crippen LogP contribution in [-0.2, 0) is 18.4 Å². The predicted octanol–water partition coefficient (Wildman–Crippen LogP) is 3.78. The molecule has 4 rings (SSSR count). The second kappa shape index (κ2) is 7.82. The average molecular weight is 392 g/mol.